The summed E-state index contributed by atoms with van der Waals surface area (Å²) in [7, 11) is 1.31. The molecule has 0 aliphatic heterocycles. The Balaban J connectivity index is 2.93. The lowest BCUT2D eigenvalue weighted by Gasteiger charge is -2.00. The Bertz CT molecular complexity index is 398. The topological polar surface area (TPSA) is 63.0 Å². The van der Waals surface area contributed by atoms with Crippen molar-refractivity contribution in [2.75, 3.05) is 7.11 Å². The van der Waals surface area contributed by atoms with Crippen molar-refractivity contribution in [3.8, 4) is 6.07 Å². The number of carbonyl (C=O) groups is 1. The average molecular weight is 255 g/mol. The summed E-state index contributed by atoms with van der Waals surface area (Å²) in [4.78, 5) is 15.0. The summed E-state index contributed by atoms with van der Waals surface area (Å²) in [6, 6.07) is 5.12. The molecule has 0 saturated carbocycles. The number of halogens is 1. The minimum Gasteiger partial charge on any atom is -0.469 e. The summed E-state index contributed by atoms with van der Waals surface area (Å²) in [5.74, 6) is -0.375. The van der Waals surface area contributed by atoms with E-state index in [4.69, 9.17) is 5.26 Å². The monoisotopic (exact) mass is 254 g/mol. The van der Waals surface area contributed by atoms with Crippen molar-refractivity contribution in [1.82, 2.24) is 4.98 Å². The molecule has 0 radical (unpaired) electrons. The van der Waals surface area contributed by atoms with Crippen LogP contribution < -0.4 is 0 Å². The van der Waals surface area contributed by atoms with Crippen LogP contribution >= 0.6 is 15.9 Å². The van der Waals surface area contributed by atoms with E-state index in [1.807, 2.05) is 6.07 Å². The Morgan fingerprint density at radius 2 is 2.43 bits per heavy atom. The van der Waals surface area contributed by atoms with E-state index in [0.29, 0.717) is 15.9 Å². The van der Waals surface area contributed by atoms with Gasteiger partial charge in [0.15, 0.2) is 0 Å². The van der Waals surface area contributed by atoms with E-state index < -0.39 is 0 Å². The molecule has 1 aromatic rings. The van der Waals surface area contributed by atoms with Crippen molar-refractivity contribution in [3.63, 3.8) is 0 Å². The van der Waals surface area contributed by atoms with Crippen molar-refractivity contribution in [3.05, 3.63) is 28.0 Å². The summed E-state index contributed by atoms with van der Waals surface area (Å²) in [5, 5.41) is 8.66. The number of ether oxygens (including phenoxy) is 1. The van der Waals surface area contributed by atoms with Gasteiger partial charge in [-0.25, -0.2) is 4.98 Å². The molecular weight excluding hydrogens is 248 g/mol. The predicted octanol–water partition coefficient (Wildman–Crippen LogP) is 1.43. The lowest BCUT2D eigenvalue weighted by atomic mass is 10.2. The highest BCUT2D eigenvalue weighted by atomic mass is 79.9. The van der Waals surface area contributed by atoms with Gasteiger partial charge in [0.1, 0.15) is 4.60 Å². The molecule has 5 heteroatoms. The van der Waals surface area contributed by atoms with E-state index in [-0.39, 0.29) is 12.4 Å². The molecule has 0 N–H and O–H groups in total. The van der Waals surface area contributed by atoms with Crippen molar-refractivity contribution in [1.29, 1.82) is 5.26 Å². The second-order valence-electron chi connectivity index (χ2n) is 2.53. The fraction of sp³-hybridized carbons (Fsp3) is 0.222. The highest BCUT2D eigenvalue weighted by Gasteiger charge is 2.06. The molecule has 0 aliphatic rings. The normalized spacial score (nSPS) is 9.21. The Kier molecular flexibility index (Phi) is 3.60. The fourth-order valence-corrected chi connectivity index (χ4v) is 1.40. The summed E-state index contributed by atoms with van der Waals surface area (Å²) >= 11 is 3.15. The number of pyridine rings is 1. The minimum absolute atomic E-state index is 0.0740. The maximum Gasteiger partial charge on any atom is 0.311 e. The number of nitrogens with zero attached hydrogens (tertiary/aromatic N) is 2. The van der Waals surface area contributed by atoms with Crippen LogP contribution in [0.4, 0.5) is 0 Å². The van der Waals surface area contributed by atoms with Crippen LogP contribution in [-0.4, -0.2) is 18.1 Å². The molecule has 4 nitrogen and oxygen atoms in total. The molecule has 0 atom stereocenters. The van der Waals surface area contributed by atoms with Crippen LogP contribution in [0.5, 0.6) is 0 Å². The Hall–Kier alpha value is -1.41. The number of methoxy groups -OCH3 is 1. The minimum atomic E-state index is -0.375. The van der Waals surface area contributed by atoms with Crippen LogP contribution in [0.1, 0.15) is 11.3 Å². The maximum atomic E-state index is 10.9. The number of aromatic nitrogens is 1. The molecule has 0 amide bonds. The molecule has 14 heavy (non-hydrogen) atoms. The van der Waals surface area contributed by atoms with Gasteiger partial charge in [-0.1, -0.05) is 0 Å². The number of esters is 1. The number of hydrogen-bond acceptors (Lipinski definition) is 4. The van der Waals surface area contributed by atoms with Crippen LogP contribution in [0, 0.1) is 11.3 Å². The summed E-state index contributed by atoms with van der Waals surface area (Å²) in [6.45, 7) is 0. The molecule has 0 aromatic carbocycles. The van der Waals surface area contributed by atoms with Crippen LogP contribution in [-0.2, 0) is 16.0 Å². The number of rotatable bonds is 2. The zero-order valence-electron chi connectivity index (χ0n) is 7.45. The molecule has 0 aliphatic carbocycles. The largest absolute Gasteiger partial charge is 0.469 e. The van der Waals surface area contributed by atoms with Crippen LogP contribution in [0.15, 0.2) is 16.7 Å². The first-order valence-corrected chi connectivity index (χ1v) is 4.58. The van der Waals surface area contributed by atoms with Crippen LogP contribution in [0.25, 0.3) is 0 Å². The molecule has 1 rings (SSSR count). The first-order chi connectivity index (χ1) is 6.65. The fourth-order valence-electron chi connectivity index (χ4n) is 0.926. The van der Waals surface area contributed by atoms with Gasteiger partial charge in [0.05, 0.1) is 30.9 Å². The van der Waals surface area contributed by atoms with E-state index in [2.05, 4.69) is 25.7 Å². The highest BCUT2D eigenvalue weighted by molar-refractivity contribution is 9.10. The average Bonchev–Trinajstić information content (AvgIpc) is 2.16. The first kappa shape index (κ1) is 10.7. The van der Waals surface area contributed by atoms with E-state index in [1.165, 1.54) is 7.11 Å². The smallest absolute Gasteiger partial charge is 0.311 e. The van der Waals surface area contributed by atoms with Crippen LogP contribution in [0.3, 0.4) is 0 Å². The number of nitriles is 1. The molecule has 0 saturated heterocycles. The number of hydrogen-bond donors (Lipinski definition) is 0. The van der Waals surface area contributed by atoms with Crippen LogP contribution in [0.2, 0.25) is 0 Å². The third-order valence-electron chi connectivity index (χ3n) is 1.53. The van der Waals surface area contributed by atoms with Crippen molar-refractivity contribution < 1.29 is 9.53 Å². The third kappa shape index (κ3) is 2.82. The van der Waals surface area contributed by atoms with Gasteiger partial charge in [-0.3, -0.25) is 4.79 Å². The molecule has 1 aromatic heterocycles. The molecule has 0 unspecified atom stereocenters. The maximum absolute atomic E-state index is 10.9. The van der Waals surface area contributed by atoms with Gasteiger partial charge in [-0.2, -0.15) is 5.26 Å². The standard InChI is InChI=1S/C9H7BrN2O2/c1-14-9(13)4-7-2-6(5-11)3-8(10)12-7/h2-3H,4H2,1H3. The third-order valence-corrected chi connectivity index (χ3v) is 1.94. The van der Waals surface area contributed by atoms with Gasteiger partial charge in [0.2, 0.25) is 0 Å². The predicted molar refractivity (Wildman–Crippen MR) is 52.4 cm³/mol. The summed E-state index contributed by atoms with van der Waals surface area (Å²) < 4.78 is 5.03. The van der Waals surface area contributed by atoms with E-state index >= 15 is 0 Å². The summed E-state index contributed by atoms with van der Waals surface area (Å²) in [5.41, 5.74) is 0.980. The summed E-state index contributed by atoms with van der Waals surface area (Å²) in [6.07, 6.45) is 0.0740. The Morgan fingerprint density at radius 3 is 3.00 bits per heavy atom. The van der Waals surface area contributed by atoms with Gasteiger partial charge in [0, 0.05) is 0 Å². The van der Waals surface area contributed by atoms with Gasteiger partial charge in [-0.05, 0) is 28.1 Å². The van der Waals surface area contributed by atoms with Crippen molar-refractivity contribution >= 4 is 21.9 Å². The second kappa shape index (κ2) is 4.72. The number of carbonyl (C=O) groups excluding carboxylic acids is 1. The lowest BCUT2D eigenvalue weighted by molar-refractivity contribution is -0.139. The molecule has 72 valence electrons. The first-order valence-electron chi connectivity index (χ1n) is 3.79. The van der Waals surface area contributed by atoms with E-state index in [1.54, 1.807) is 12.1 Å². The zero-order valence-corrected chi connectivity index (χ0v) is 9.04. The zero-order chi connectivity index (χ0) is 10.6. The lowest BCUT2D eigenvalue weighted by Crippen LogP contribution is -2.06. The van der Waals surface area contributed by atoms with Crippen molar-refractivity contribution in [2.24, 2.45) is 0 Å². The Labute approximate surface area is 89.6 Å². The second-order valence-corrected chi connectivity index (χ2v) is 3.35. The molecular formula is C9H7BrN2O2. The van der Waals surface area contributed by atoms with Gasteiger partial charge in [-0.15, -0.1) is 0 Å². The molecule has 0 spiro atoms. The Morgan fingerprint density at radius 1 is 1.71 bits per heavy atom. The quantitative estimate of drug-likeness (QED) is 0.592. The highest BCUT2D eigenvalue weighted by Crippen LogP contribution is 2.11. The molecule has 1 heterocycles. The molecule has 0 bridgehead atoms. The van der Waals surface area contributed by atoms with E-state index in [9.17, 15) is 4.79 Å². The van der Waals surface area contributed by atoms with Crippen molar-refractivity contribution in [2.45, 2.75) is 6.42 Å². The van der Waals surface area contributed by atoms with Gasteiger partial charge >= 0.3 is 5.97 Å². The SMILES string of the molecule is COC(=O)Cc1cc(C#N)cc(Br)n1. The molecule has 0 fully saturated rings. The van der Waals surface area contributed by atoms with E-state index in [0.717, 1.165) is 0 Å². The van der Waals surface area contributed by atoms with Gasteiger partial charge < -0.3 is 4.74 Å². The van der Waals surface area contributed by atoms with Gasteiger partial charge in [0.25, 0.3) is 0 Å².